The van der Waals surface area contributed by atoms with Crippen molar-refractivity contribution >= 4 is 21.9 Å². The van der Waals surface area contributed by atoms with Gasteiger partial charge in [-0.2, -0.15) is 0 Å². The largest absolute Gasteiger partial charge is 0.487 e. The van der Waals surface area contributed by atoms with Crippen molar-refractivity contribution in [2.75, 3.05) is 0 Å². The van der Waals surface area contributed by atoms with E-state index in [2.05, 4.69) is 32.0 Å². The minimum Gasteiger partial charge on any atom is -0.487 e. The first-order valence-electron chi connectivity index (χ1n) is 8.71. The second kappa shape index (κ2) is 5.09. The van der Waals surface area contributed by atoms with Crippen molar-refractivity contribution in [1.82, 2.24) is 4.98 Å². The van der Waals surface area contributed by atoms with Crippen LogP contribution in [0.25, 0.3) is 33.3 Å². The zero-order valence-corrected chi connectivity index (χ0v) is 14.4. The topological polar surface area (TPSA) is 35.3 Å². The average Bonchev–Trinajstić information content (AvgIpc) is 3.07. The summed E-state index contributed by atoms with van der Waals surface area (Å²) in [5.41, 5.74) is 3.77. The lowest BCUT2D eigenvalue weighted by Gasteiger charge is -2.33. The van der Waals surface area contributed by atoms with Crippen LogP contribution in [0.5, 0.6) is 5.75 Å². The minimum atomic E-state index is -0.161. The molecular weight excluding hydrogens is 310 g/mol. The average molecular weight is 329 g/mol. The standard InChI is InChI=1S/C22H19NO2/c1-22(2)13-12-17-19(25-22)16-11-7-6-10-15(16)18-20(17)24-21(23-18)14-8-4-3-5-9-14/h3-11H,12-13H2,1-2H3. The fraction of sp³-hybridized carbons (Fsp3) is 0.227. The van der Waals surface area contributed by atoms with E-state index in [-0.39, 0.29) is 5.60 Å². The van der Waals surface area contributed by atoms with Crippen LogP contribution in [0, 0.1) is 0 Å². The fourth-order valence-electron chi connectivity index (χ4n) is 3.66. The molecule has 0 unspecified atom stereocenters. The summed E-state index contributed by atoms with van der Waals surface area (Å²) in [6.45, 7) is 4.29. The maximum atomic E-state index is 6.37. The molecule has 25 heavy (non-hydrogen) atoms. The van der Waals surface area contributed by atoms with Crippen LogP contribution in [0.3, 0.4) is 0 Å². The van der Waals surface area contributed by atoms with Gasteiger partial charge in [0.05, 0.1) is 0 Å². The number of benzene rings is 3. The summed E-state index contributed by atoms with van der Waals surface area (Å²) < 4.78 is 12.6. The molecule has 3 aromatic carbocycles. The fourth-order valence-corrected chi connectivity index (χ4v) is 3.66. The Hall–Kier alpha value is -2.81. The highest BCUT2D eigenvalue weighted by molar-refractivity contribution is 6.09. The number of rotatable bonds is 1. The number of hydrogen-bond donors (Lipinski definition) is 0. The van der Waals surface area contributed by atoms with Crippen LogP contribution in [-0.4, -0.2) is 10.6 Å². The molecule has 124 valence electrons. The van der Waals surface area contributed by atoms with Gasteiger partial charge in [-0.1, -0.05) is 42.5 Å². The predicted octanol–water partition coefficient (Wildman–Crippen LogP) is 5.75. The predicted molar refractivity (Wildman–Crippen MR) is 100.0 cm³/mol. The highest BCUT2D eigenvalue weighted by atomic mass is 16.5. The normalized spacial score (nSPS) is 15.9. The van der Waals surface area contributed by atoms with E-state index in [0.717, 1.165) is 51.6 Å². The molecule has 1 aromatic heterocycles. The summed E-state index contributed by atoms with van der Waals surface area (Å²) >= 11 is 0. The zero-order valence-electron chi connectivity index (χ0n) is 14.4. The summed E-state index contributed by atoms with van der Waals surface area (Å²) in [5.74, 6) is 1.62. The first-order chi connectivity index (χ1) is 12.1. The first kappa shape index (κ1) is 14.5. The molecule has 0 bridgehead atoms. The van der Waals surface area contributed by atoms with E-state index in [9.17, 15) is 0 Å². The molecule has 0 fully saturated rings. The Morgan fingerprint density at radius 1 is 0.920 bits per heavy atom. The maximum Gasteiger partial charge on any atom is 0.227 e. The van der Waals surface area contributed by atoms with Crippen LogP contribution in [0.2, 0.25) is 0 Å². The van der Waals surface area contributed by atoms with E-state index in [1.54, 1.807) is 0 Å². The number of aromatic nitrogens is 1. The van der Waals surface area contributed by atoms with E-state index < -0.39 is 0 Å². The Bertz CT molecular complexity index is 1090. The molecule has 0 amide bonds. The van der Waals surface area contributed by atoms with Crippen molar-refractivity contribution in [3.8, 4) is 17.2 Å². The molecule has 0 saturated heterocycles. The van der Waals surface area contributed by atoms with Crippen molar-refractivity contribution in [3.63, 3.8) is 0 Å². The molecule has 0 radical (unpaired) electrons. The van der Waals surface area contributed by atoms with Crippen LogP contribution >= 0.6 is 0 Å². The molecule has 3 nitrogen and oxygen atoms in total. The van der Waals surface area contributed by atoms with E-state index in [4.69, 9.17) is 14.1 Å². The van der Waals surface area contributed by atoms with Crippen LogP contribution < -0.4 is 4.74 Å². The number of ether oxygens (including phenoxy) is 1. The van der Waals surface area contributed by atoms with E-state index in [1.807, 2.05) is 36.4 Å². The van der Waals surface area contributed by atoms with Crippen molar-refractivity contribution in [3.05, 3.63) is 60.2 Å². The van der Waals surface area contributed by atoms with Gasteiger partial charge in [0.25, 0.3) is 0 Å². The lowest BCUT2D eigenvalue weighted by molar-refractivity contribution is 0.0871. The molecule has 2 heterocycles. The van der Waals surface area contributed by atoms with E-state index in [0.29, 0.717) is 5.89 Å². The van der Waals surface area contributed by atoms with Crippen LogP contribution in [-0.2, 0) is 6.42 Å². The summed E-state index contributed by atoms with van der Waals surface area (Å²) in [4.78, 5) is 4.83. The number of aryl methyl sites for hydroxylation is 1. The SMILES string of the molecule is CC1(C)CCc2c(c3ccccc3c3nc(-c4ccccc4)oc23)O1. The van der Waals surface area contributed by atoms with Crippen LogP contribution in [0.4, 0.5) is 0 Å². The van der Waals surface area contributed by atoms with Gasteiger partial charge in [0.1, 0.15) is 16.9 Å². The summed E-state index contributed by atoms with van der Waals surface area (Å²) in [6.07, 6.45) is 1.90. The molecule has 4 aromatic rings. The number of hydrogen-bond acceptors (Lipinski definition) is 3. The molecule has 0 saturated carbocycles. The third-order valence-corrected chi connectivity index (χ3v) is 4.98. The minimum absolute atomic E-state index is 0.161. The second-order valence-electron chi connectivity index (χ2n) is 7.28. The van der Waals surface area contributed by atoms with Gasteiger partial charge in [0.15, 0.2) is 5.58 Å². The third kappa shape index (κ3) is 2.23. The van der Waals surface area contributed by atoms with Crippen molar-refractivity contribution in [2.45, 2.75) is 32.3 Å². The number of fused-ring (bicyclic) bond motifs is 6. The lowest BCUT2D eigenvalue weighted by atomic mass is 9.91. The third-order valence-electron chi connectivity index (χ3n) is 4.98. The molecule has 5 rings (SSSR count). The molecular formula is C22H19NO2. The summed E-state index contributed by atoms with van der Waals surface area (Å²) in [6, 6.07) is 18.4. The van der Waals surface area contributed by atoms with Gasteiger partial charge < -0.3 is 9.15 Å². The Morgan fingerprint density at radius 3 is 2.44 bits per heavy atom. The molecule has 1 aliphatic heterocycles. The highest BCUT2D eigenvalue weighted by Gasteiger charge is 2.31. The Morgan fingerprint density at radius 2 is 1.64 bits per heavy atom. The van der Waals surface area contributed by atoms with Crippen LogP contribution in [0.15, 0.2) is 59.0 Å². The van der Waals surface area contributed by atoms with Crippen molar-refractivity contribution < 1.29 is 9.15 Å². The summed E-state index contributed by atoms with van der Waals surface area (Å²) in [5, 5.41) is 2.20. The van der Waals surface area contributed by atoms with Gasteiger partial charge >= 0.3 is 0 Å². The van der Waals surface area contributed by atoms with Gasteiger partial charge in [-0.3, -0.25) is 0 Å². The lowest BCUT2D eigenvalue weighted by Crippen LogP contribution is -2.32. The molecule has 0 aliphatic carbocycles. The van der Waals surface area contributed by atoms with Gasteiger partial charge in [-0.25, -0.2) is 4.98 Å². The first-order valence-corrected chi connectivity index (χ1v) is 8.71. The number of nitrogens with zero attached hydrogens (tertiary/aromatic N) is 1. The zero-order chi connectivity index (χ0) is 17.0. The van der Waals surface area contributed by atoms with E-state index >= 15 is 0 Å². The molecule has 0 N–H and O–H groups in total. The highest BCUT2D eigenvalue weighted by Crippen LogP contribution is 2.44. The maximum absolute atomic E-state index is 6.37. The quantitative estimate of drug-likeness (QED) is 0.446. The van der Waals surface area contributed by atoms with Crippen molar-refractivity contribution in [1.29, 1.82) is 0 Å². The van der Waals surface area contributed by atoms with Gasteiger partial charge in [-0.05, 0) is 38.8 Å². The van der Waals surface area contributed by atoms with Gasteiger partial charge in [0, 0.05) is 21.9 Å². The monoisotopic (exact) mass is 329 g/mol. The van der Waals surface area contributed by atoms with Crippen LogP contribution in [0.1, 0.15) is 25.8 Å². The number of oxazole rings is 1. The Kier molecular flexibility index (Phi) is 2.96. The molecule has 1 aliphatic rings. The Labute approximate surface area is 146 Å². The smallest absolute Gasteiger partial charge is 0.227 e. The van der Waals surface area contributed by atoms with Gasteiger partial charge in [0.2, 0.25) is 5.89 Å². The van der Waals surface area contributed by atoms with Gasteiger partial charge in [-0.15, -0.1) is 0 Å². The van der Waals surface area contributed by atoms with E-state index in [1.165, 1.54) is 0 Å². The Balaban J connectivity index is 1.86. The van der Waals surface area contributed by atoms with Crippen molar-refractivity contribution in [2.24, 2.45) is 0 Å². The molecule has 0 atom stereocenters. The molecule has 0 spiro atoms. The summed E-state index contributed by atoms with van der Waals surface area (Å²) in [7, 11) is 0. The second-order valence-corrected chi connectivity index (χ2v) is 7.28. The molecule has 3 heteroatoms.